The molecule has 32 heavy (non-hydrogen) atoms. The second kappa shape index (κ2) is 9.25. The minimum Gasteiger partial charge on any atom is -0.329 e. The van der Waals surface area contributed by atoms with Crippen molar-refractivity contribution in [2.45, 2.75) is 76.2 Å². The number of alkyl halides is 3. The highest BCUT2D eigenvalue weighted by Crippen LogP contribution is 2.32. The Morgan fingerprint density at radius 3 is 2.69 bits per heavy atom. The van der Waals surface area contributed by atoms with Crippen molar-refractivity contribution in [3.63, 3.8) is 0 Å². The van der Waals surface area contributed by atoms with E-state index in [1.807, 2.05) is 18.2 Å². The Morgan fingerprint density at radius 2 is 1.94 bits per heavy atom. The molecule has 0 radical (unpaired) electrons. The Kier molecular flexibility index (Phi) is 6.60. The number of nitrogens with zero attached hydrogens (tertiary/aromatic N) is 1. The van der Waals surface area contributed by atoms with Crippen LogP contribution in [-0.2, 0) is 17.8 Å². The van der Waals surface area contributed by atoms with E-state index in [0.29, 0.717) is 30.6 Å². The summed E-state index contributed by atoms with van der Waals surface area (Å²) in [5.74, 6) is -0.0282. The number of rotatable bonds is 6. The van der Waals surface area contributed by atoms with Gasteiger partial charge in [-0.05, 0) is 55.2 Å². The fourth-order valence-corrected chi connectivity index (χ4v) is 5.26. The van der Waals surface area contributed by atoms with Crippen LogP contribution in [-0.4, -0.2) is 41.5 Å². The number of allylic oxidation sites excluding steroid dienone is 1. The van der Waals surface area contributed by atoms with E-state index in [4.69, 9.17) is 0 Å². The molecule has 4 rings (SSSR count). The van der Waals surface area contributed by atoms with Crippen LogP contribution in [0.3, 0.4) is 0 Å². The Bertz CT molecular complexity index is 899. The van der Waals surface area contributed by atoms with Crippen molar-refractivity contribution >= 4 is 11.8 Å². The molecule has 1 saturated heterocycles. The molecular formula is C24H30F3N3O2. The minimum absolute atomic E-state index is 0.0474. The van der Waals surface area contributed by atoms with Gasteiger partial charge in [-0.15, -0.1) is 0 Å². The van der Waals surface area contributed by atoms with Gasteiger partial charge < -0.3 is 15.5 Å². The van der Waals surface area contributed by atoms with Gasteiger partial charge in [0.25, 0.3) is 5.91 Å². The lowest BCUT2D eigenvalue weighted by molar-refractivity contribution is -0.134. The van der Waals surface area contributed by atoms with Crippen molar-refractivity contribution in [2.75, 3.05) is 6.54 Å². The van der Waals surface area contributed by atoms with Crippen molar-refractivity contribution < 1.29 is 22.8 Å². The minimum atomic E-state index is -4.14. The molecule has 3 atom stereocenters. The average molecular weight is 450 g/mol. The van der Waals surface area contributed by atoms with Gasteiger partial charge in [0, 0.05) is 30.4 Å². The summed E-state index contributed by atoms with van der Waals surface area (Å²) in [5, 5.41) is 5.88. The number of benzene rings is 1. The molecule has 1 aromatic rings. The van der Waals surface area contributed by atoms with Crippen LogP contribution in [0.4, 0.5) is 13.2 Å². The van der Waals surface area contributed by atoms with E-state index in [-0.39, 0.29) is 30.3 Å². The van der Waals surface area contributed by atoms with Crippen molar-refractivity contribution in [3.05, 3.63) is 47.2 Å². The summed E-state index contributed by atoms with van der Waals surface area (Å²) in [4.78, 5) is 26.9. The van der Waals surface area contributed by atoms with Gasteiger partial charge in [-0.2, -0.15) is 13.2 Å². The van der Waals surface area contributed by atoms with Crippen molar-refractivity contribution in [3.8, 4) is 0 Å². The Morgan fingerprint density at radius 1 is 1.16 bits per heavy atom. The highest BCUT2D eigenvalue weighted by atomic mass is 19.4. The van der Waals surface area contributed by atoms with Gasteiger partial charge in [0.05, 0.1) is 6.42 Å². The van der Waals surface area contributed by atoms with E-state index in [9.17, 15) is 22.8 Å². The first kappa shape index (κ1) is 22.8. The molecule has 1 unspecified atom stereocenters. The molecule has 5 nitrogen and oxygen atoms in total. The van der Waals surface area contributed by atoms with Crippen LogP contribution in [0.1, 0.15) is 66.4 Å². The molecule has 1 aliphatic carbocycles. The molecule has 1 aromatic carbocycles. The molecule has 174 valence electrons. The van der Waals surface area contributed by atoms with E-state index in [1.165, 1.54) is 0 Å². The molecule has 0 aromatic heterocycles. The molecule has 2 fully saturated rings. The van der Waals surface area contributed by atoms with Gasteiger partial charge in [0.1, 0.15) is 6.04 Å². The van der Waals surface area contributed by atoms with Crippen LogP contribution in [0.5, 0.6) is 0 Å². The topological polar surface area (TPSA) is 61.4 Å². The van der Waals surface area contributed by atoms with Gasteiger partial charge in [0.2, 0.25) is 5.91 Å². The van der Waals surface area contributed by atoms with E-state index in [2.05, 4.69) is 17.2 Å². The number of carbonyl (C=O) groups excluding carboxylic acids is 2. The lowest BCUT2D eigenvalue weighted by Gasteiger charge is -2.33. The van der Waals surface area contributed by atoms with E-state index in [0.717, 1.165) is 43.2 Å². The first-order chi connectivity index (χ1) is 15.2. The maximum Gasteiger partial charge on any atom is 0.390 e. The Hall–Kier alpha value is -2.35. The van der Waals surface area contributed by atoms with Gasteiger partial charge in [-0.3, -0.25) is 9.59 Å². The molecule has 8 heteroatoms. The van der Waals surface area contributed by atoms with Crippen LogP contribution in [0.25, 0.3) is 0 Å². The molecule has 0 bridgehead atoms. The molecule has 3 aliphatic rings. The molecule has 2 aliphatic heterocycles. The lowest BCUT2D eigenvalue weighted by atomic mass is 9.80. The third-order valence-corrected chi connectivity index (χ3v) is 6.92. The third-order valence-electron chi connectivity index (χ3n) is 6.92. The number of piperidine rings is 1. The quantitative estimate of drug-likeness (QED) is 0.688. The second-order valence-corrected chi connectivity index (χ2v) is 9.25. The Labute approximate surface area is 186 Å². The molecular weight excluding hydrogens is 419 g/mol. The molecule has 2 amide bonds. The predicted molar refractivity (Wildman–Crippen MR) is 115 cm³/mol. The molecule has 1 saturated carbocycles. The van der Waals surface area contributed by atoms with E-state index in [1.54, 1.807) is 4.90 Å². The largest absolute Gasteiger partial charge is 0.390 e. The molecule has 2 heterocycles. The number of hydrogen-bond acceptors (Lipinski definition) is 3. The van der Waals surface area contributed by atoms with E-state index < -0.39 is 18.6 Å². The monoisotopic (exact) mass is 449 g/mol. The maximum absolute atomic E-state index is 12.9. The fraction of sp³-hybridized carbons (Fsp3) is 0.583. The fourth-order valence-electron chi connectivity index (χ4n) is 5.26. The molecule has 2 N–H and O–H groups in total. The van der Waals surface area contributed by atoms with Gasteiger partial charge in [-0.25, -0.2) is 0 Å². The van der Waals surface area contributed by atoms with Gasteiger partial charge in [-0.1, -0.05) is 31.6 Å². The van der Waals surface area contributed by atoms with Gasteiger partial charge in [0.15, 0.2) is 0 Å². The zero-order chi connectivity index (χ0) is 22.9. The summed E-state index contributed by atoms with van der Waals surface area (Å²) >= 11 is 0. The highest BCUT2D eigenvalue weighted by molar-refractivity contribution is 6.01. The first-order valence-electron chi connectivity index (χ1n) is 11.4. The van der Waals surface area contributed by atoms with Crippen LogP contribution in [0.2, 0.25) is 0 Å². The number of fused-ring (bicyclic) bond motifs is 1. The van der Waals surface area contributed by atoms with Crippen molar-refractivity contribution in [2.24, 2.45) is 5.92 Å². The van der Waals surface area contributed by atoms with Crippen LogP contribution in [0.15, 0.2) is 30.5 Å². The third kappa shape index (κ3) is 5.17. The van der Waals surface area contributed by atoms with Gasteiger partial charge >= 0.3 is 6.18 Å². The van der Waals surface area contributed by atoms with Crippen molar-refractivity contribution in [1.82, 2.24) is 15.5 Å². The normalized spacial score (nSPS) is 26.3. The van der Waals surface area contributed by atoms with E-state index >= 15 is 0 Å². The second-order valence-electron chi connectivity index (χ2n) is 9.25. The number of amides is 2. The first-order valence-corrected chi connectivity index (χ1v) is 11.4. The zero-order valence-electron chi connectivity index (χ0n) is 18.1. The summed E-state index contributed by atoms with van der Waals surface area (Å²) in [6.07, 6.45) is 1.05. The average Bonchev–Trinajstić information content (AvgIpc) is 3.04. The predicted octanol–water partition coefficient (Wildman–Crippen LogP) is 4.08. The number of carbonyl (C=O) groups is 2. The smallest absolute Gasteiger partial charge is 0.329 e. The number of nitrogens with one attached hydrogen (secondary N) is 2. The highest BCUT2D eigenvalue weighted by Gasteiger charge is 2.38. The summed E-state index contributed by atoms with van der Waals surface area (Å²) in [7, 11) is 0. The summed E-state index contributed by atoms with van der Waals surface area (Å²) in [6, 6.07) is 5.42. The van der Waals surface area contributed by atoms with Crippen LogP contribution >= 0.6 is 0 Å². The molecule has 0 spiro atoms. The lowest BCUT2D eigenvalue weighted by Crippen LogP contribution is -2.49. The summed E-state index contributed by atoms with van der Waals surface area (Å²) < 4.78 is 37.6. The number of halogens is 3. The van der Waals surface area contributed by atoms with Crippen LogP contribution in [0, 0.1) is 5.92 Å². The SMILES string of the molecule is C=C1CCC(N2Cc3cc(C[C@H]4CCCC[C@@H]4NCCC(F)(F)F)ccc3C2=O)C(=O)N1. The van der Waals surface area contributed by atoms with Crippen molar-refractivity contribution in [1.29, 1.82) is 0 Å². The summed E-state index contributed by atoms with van der Waals surface area (Å²) in [5.41, 5.74) is 3.33. The summed E-state index contributed by atoms with van der Waals surface area (Å²) in [6.45, 7) is 4.15. The zero-order valence-corrected chi connectivity index (χ0v) is 18.1. The number of hydrogen-bond donors (Lipinski definition) is 2. The van der Waals surface area contributed by atoms with Crippen LogP contribution < -0.4 is 10.6 Å². The Balaban J connectivity index is 1.41. The standard InChI is InChI=1S/C24H30F3N3O2/c1-15-6-9-21(22(31)29-15)30-14-18-13-16(7-8-19(18)23(30)32)12-17-4-2-3-5-20(17)28-11-10-24(25,26)27/h7-8,13,17,20-21,28H,1-6,9-12,14H2,(H,29,31)/t17-,20+,21?/m1/s1. The maximum atomic E-state index is 12.9.